The first-order valence-corrected chi connectivity index (χ1v) is 9.78. The first-order valence-electron chi connectivity index (χ1n) is 8.13. The van der Waals surface area contributed by atoms with Crippen molar-refractivity contribution in [2.75, 3.05) is 7.11 Å². The topological polar surface area (TPSA) is 55.8 Å². The average molecular weight is 308 g/mol. The van der Waals surface area contributed by atoms with Gasteiger partial charge in [0.05, 0.1) is 12.8 Å². The van der Waals surface area contributed by atoms with E-state index in [4.69, 9.17) is 0 Å². The summed E-state index contributed by atoms with van der Waals surface area (Å²) in [6, 6.07) is 0. The van der Waals surface area contributed by atoms with Crippen molar-refractivity contribution in [3.8, 4) is 0 Å². The molecule has 0 aromatic carbocycles. The smallest absolute Gasteiger partial charge is 0.323 e. The molecule has 5 heteroatoms. The third kappa shape index (κ3) is 9.93. The van der Waals surface area contributed by atoms with E-state index in [1.54, 1.807) is 0 Å². The van der Waals surface area contributed by atoms with Crippen LogP contribution in [0.1, 0.15) is 84.5 Å². The maximum absolute atomic E-state index is 12.1. The predicted octanol–water partition coefficient (Wildman–Crippen LogP) is 5.45. The Bertz CT molecular complexity index is 258. The van der Waals surface area contributed by atoms with E-state index in [0.29, 0.717) is 0 Å². The summed E-state index contributed by atoms with van der Waals surface area (Å²) in [6.45, 7) is 4.35. The van der Waals surface area contributed by atoms with Crippen LogP contribution in [0.4, 0.5) is 0 Å². The van der Waals surface area contributed by atoms with Gasteiger partial charge in [0.2, 0.25) is 0 Å². The Morgan fingerprint density at radius 3 is 1.80 bits per heavy atom. The van der Waals surface area contributed by atoms with Gasteiger partial charge in [0.15, 0.2) is 0 Å². The van der Waals surface area contributed by atoms with E-state index in [9.17, 15) is 9.46 Å². The molecular weight excluding hydrogens is 275 g/mol. The van der Waals surface area contributed by atoms with Crippen LogP contribution in [0, 0.1) is 0 Å². The molecule has 0 amide bonds. The zero-order valence-corrected chi connectivity index (χ0v) is 14.4. The normalized spacial score (nSPS) is 16.0. The minimum Gasteiger partial charge on any atom is -0.323 e. The summed E-state index contributed by atoms with van der Waals surface area (Å²) in [4.78, 5) is 14.4. The Morgan fingerprint density at radius 2 is 1.35 bits per heavy atom. The number of hydrogen-bond acceptors (Lipinski definition) is 3. The molecule has 0 saturated heterocycles. The van der Waals surface area contributed by atoms with Crippen molar-refractivity contribution in [1.29, 1.82) is 0 Å². The fourth-order valence-electron chi connectivity index (χ4n) is 2.43. The fourth-order valence-corrected chi connectivity index (χ4v) is 3.78. The van der Waals surface area contributed by atoms with Crippen molar-refractivity contribution in [2.24, 2.45) is 0 Å². The van der Waals surface area contributed by atoms with Gasteiger partial charge in [-0.05, 0) is 12.8 Å². The third-order valence-corrected chi connectivity index (χ3v) is 5.48. The molecule has 2 unspecified atom stereocenters. The van der Waals surface area contributed by atoms with Crippen molar-refractivity contribution in [2.45, 2.75) is 90.1 Å². The largest absolute Gasteiger partial charge is 0.358 e. The Hall–Kier alpha value is 0.110. The summed E-state index contributed by atoms with van der Waals surface area (Å²) in [5.41, 5.74) is -0.277. The lowest BCUT2D eigenvalue weighted by Gasteiger charge is -2.21. The van der Waals surface area contributed by atoms with Crippen molar-refractivity contribution in [3.63, 3.8) is 0 Å². The van der Waals surface area contributed by atoms with Crippen molar-refractivity contribution < 1.29 is 19.0 Å². The van der Waals surface area contributed by atoms with Crippen LogP contribution in [-0.2, 0) is 14.1 Å². The molecule has 0 spiro atoms. The highest BCUT2D eigenvalue weighted by molar-refractivity contribution is 7.53. The summed E-state index contributed by atoms with van der Waals surface area (Å²) in [5.74, 6) is 0. The van der Waals surface area contributed by atoms with Crippen LogP contribution >= 0.6 is 7.60 Å². The SMILES string of the molecule is CCCCCCCC(CCCCCC)P(=O)(O)OOC. The molecule has 0 aliphatic carbocycles. The van der Waals surface area contributed by atoms with E-state index in [2.05, 4.69) is 23.4 Å². The van der Waals surface area contributed by atoms with Crippen LogP contribution in [0.2, 0.25) is 0 Å². The van der Waals surface area contributed by atoms with Gasteiger partial charge in [-0.25, -0.2) is 4.89 Å². The molecule has 0 fully saturated rings. The maximum atomic E-state index is 12.1. The van der Waals surface area contributed by atoms with Crippen LogP contribution in [-0.4, -0.2) is 17.7 Å². The van der Waals surface area contributed by atoms with Gasteiger partial charge < -0.3 is 4.89 Å². The standard InChI is InChI=1S/C15H33O4P/c1-4-6-8-10-12-14-15(13-11-9-7-5-2)20(16,17)19-18-3/h15H,4-14H2,1-3H3,(H,16,17). The maximum Gasteiger partial charge on any atom is 0.358 e. The molecule has 0 rings (SSSR count). The second-order valence-corrected chi connectivity index (χ2v) is 7.52. The molecule has 0 aliphatic heterocycles. The van der Waals surface area contributed by atoms with E-state index in [0.717, 1.165) is 38.5 Å². The second-order valence-electron chi connectivity index (χ2n) is 5.51. The predicted molar refractivity (Wildman–Crippen MR) is 83.8 cm³/mol. The Balaban J connectivity index is 4.14. The lowest BCUT2D eigenvalue weighted by Crippen LogP contribution is -2.11. The summed E-state index contributed by atoms with van der Waals surface area (Å²) < 4.78 is 16.7. The first kappa shape index (κ1) is 20.1. The first-order chi connectivity index (χ1) is 9.58. The molecule has 0 aliphatic rings. The van der Waals surface area contributed by atoms with E-state index < -0.39 is 7.60 Å². The average Bonchev–Trinajstić information content (AvgIpc) is 2.40. The van der Waals surface area contributed by atoms with Gasteiger partial charge >= 0.3 is 7.60 Å². The van der Waals surface area contributed by atoms with Crippen LogP contribution in [0.3, 0.4) is 0 Å². The van der Waals surface area contributed by atoms with Crippen LogP contribution in [0.25, 0.3) is 0 Å². The van der Waals surface area contributed by atoms with E-state index in [1.807, 2.05) is 0 Å². The lowest BCUT2D eigenvalue weighted by atomic mass is 10.0. The summed E-state index contributed by atoms with van der Waals surface area (Å²) in [6.07, 6.45) is 11.8. The van der Waals surface area contributed by atoms with Crippen LogP contribution in [0.5, 0.6) is 0 Å². The van der Waals surface area contributed by atoms with Gasteiger partial charge in [-0.15, -0.1) is 4.67 Å². The highest BCUT2D eigenvalue weighted by atomic mass is 31.2. The third-order valence-electron chi connectivity index (χ3n) is 3.67. The van der Waals surface area contributed by atoms with Gasteiger partial charge in [0.1, 0.15) is 0 Å². The van der Waals surface area contributed by atoms with Gasteiger partial charge in [-0.2, -0.15) is 0 Å². The van der Waals surface area contributed by atoms with Crippen LogP contribution < -0.4 is 0 Å². The zero-order valence-electron chi connectivity index (χ0n) is 13.5. The Kier molecular flexibility index (Phi) is 12.9. The Labute approximate surface area is 124 Å². The minimum atomic E-state index is -3.63. The van der Waals surface area contributed by atoms with E-state index in [1.165, 1.54) is 39.2 Å². The molecule has 0 heterocycles. The summed E-state index contributed by atoms with van der Waals surface area (Å²) >= 11 is 0. The number of hydrogen-bond donors (Lipinski definition) is 1. The number of rotatable bonds is 14. The Morgan fingerprint density at radius 1 is 0.900 bits per heavy atom. The lowest BCUT2D eigenvalue weighted by molar-refractivity contribution is -0.186. The second kappa shape index (κ2) is 12.8. The van der Waals surface area contributed by atoms with Gasteiger partial charge in [-0.3, -0.25) is 4.57 Å². The molecule has 20 heavy (non-hydrogen) atoms. The van der Waals surface area contributed by atoms with Gasteiger partial charge in [0, 0.05) is 0 Å². The fraction of sp³-hybridized carbons (Fsp3) is 1.00. The number of unbranched alkanes of at least 4 members (excludes halogenated alkanes) is 7. The van der Waals surface area contributed by atoms with Gasteiger partial charge in [0.25, 0.3) is 0 Å². The van der Waals surface area contributed by atoms with Crippen molar-refractivity contribution in [1.82, 2.24) is 0 Å². The summed E-state index contributed by atoms with van der Waals surface area (Å²) in [7, 11) is -2.34. The highest BCUT2D eigenvalue weighted by Gasteiger charge is 2.32. The van der Waals surface area contributed by atoms with Crippen LogP contribution in [0.15, 0.2) is 0 Å². The minimum absolute atomic E-state index is 0.277. The highest BCUT2D eigenvalue weighted by Crippen LogP contribution is 2.51. The van der Waals surface area contributed by atoms with E-state index >= 15 is 0 Å². The molecular formula is C15H33O4P. The molecule has 122 valence electrons. The molecule has 0 aromatic rings. The van der Waals surface area contributed by atoms with Crippen molar-refractivity contribution in [3.05, 3.63) is 0 Å². The monoisotopic (exact) mass is 308 g/mol. The molecule has 2 atom stereocenters. The molecule has 0 aromatic heterocycles. The quantitative estimate of drug-likeness (QED) is 0.201. The molecule has 1 N–H and O–H groups in total. The summed E-state index contributed by atoms with van der Waals surface area (Å²) in [5, 5.41) is 0. The van der Waals surface area contributed by atoms with Gasteiger partial charge in [-0.1, -0.05) is 71.6 Å². The molecule has 0 radical (unpaired) electrons. The zero-order chi connectivity index (χ0) is 15.3. The molecule has 0 bridgehead atoms. The molecule has 4 nitrogen and oxygen atoms in total. The molecule has 0 saturated carbocycles. The van der Waals surface area contributed by atoms with Crippen molar-refractivity contribution >= 4 is 7.60 Å². The van der Waals surface area contributed by atoms with E-state index in [-0.39, 0.29) is 5.66 Å².